The summed E-state index contributed by atoms with van der Waals surface area (Å²) in [6, 6.07) is 5.85. The van der Waals surface area contributed by atoms with Crippen LogP contribution >= 0.6 is 11.8 Å². The summed E-state index contributed by atoms with van der Waals surface area (Å²) in [5.41, 5.74) is 1.30. The first kappa shape index (κ1) is 14.2. The number of aromatic amines is 1. The molecule has 4 nitrogen and oxygen atoms in total. The van der Waals surface area contributed by atoms with Crippen molar-refractivity contribution in [2.45, 2.75) is 37.9 Å². The van der Waals surface area contributed by atoms with Crippen molar-refractivity contribution in [2.24, 2.45) is 0 Å². The quantitative estimate of drug-likeness (QED) is 0.798. The van der Waals surface area contributed by atoms with E-state index in [4.69, 9.17) is 4.74 Å². The number of H-pyrrole nitrogens is 1. The highest BCUT2D eigenvalue weighted by Crippen LogP contribution is 2.24. The summed E-state index contributed by atoms with van der Waals surface area (Å²) >= 11 is 1.62. The van der Waals surface area contributed by atoms with E-state index < -0.39 is 5.60 Å². The topological polar surface area (TPSA) is 58.1 Å². The van der Waals surface area contributed by atoms with Gasteiger partial charge in [-0.3, -0.25) is 0 Å². The molecule has 0 saturated carbocycles. The number of benzene rings is 1. The molecule has 1 aromatic heterocycles. The Hall–Kier alpha value is -1.20. The maximum Gasteiger partial charge on any atom is 0.166 e. The van der Waals surface area contributed by atoms with Gasteiger partial charge in [0.15, 0.2) is 5.16 Å². The summed E-state index contributed by atoms with van der Waals surface area (Å²) in [5.74, 6) is 1.69. The van der Waals surface area contributed by atoms with Gasteiger partial charge in [0.2, 0.25) is 0 Å². The molecule has 0 aliphatic carbocycles. The van der Waals surface area contributed by atoms with Gasteiger partial charge in [0.05, 0.1) is 23.2 Å². The molecule has 0 spiro atoms. The van der Waals surface area contributed by atoms with Crippen molar-refractivity contribution in [2.75, 3.05) is 12.4 Å². The average Bonchev–Trinajstić information content (AvgIpc) is 2.69. The third kappa shape index (κ3) is 4.14. The van der Waals surface area contributed by atoms with Crippen LogP contribution in [0.15, 0.2) is 23.4 Å². The van der Waals surface area contributed by atoms with Gasteiger partial charge in [0, 0.05) is 11.8 Å². The molecule has 0 saturated heterocycles. The number of thioether (sulfide) groups is 1. The SMILES string of the molecule is CCOc1ccc2nc(SCCC(C)(C)O)[nH]c2c1. The fourth-order valence-corrected chi connectivity index (χ4v) is 2.83. The third-order valence-electron chi connectivity index (χ3n) is 2.70. The number of rotatable bonds is 6. The molecular weight excluding hydrogens is 260 g/mol. The van der Waals surface area contributed by atoms with Crippen LogP contribution in [0.2, 0.25) is 0 Å². The van der Waals surface area contributed by atoms with Gasteiger partial charge in [-0.25, -0.2) is 4.98 Å². The van der Waals surface area contributed by atoms with E-state index in [1.165, 1.54) is 0 Å². The molecule has 2 N–H and O–H groups in total. The smallest absolute Gasteiger partial charge is 0.166 e. The summed E-state index contributed by atoms with van der Waals surface area (Å²) in [4.78, 5) is 7.77. The zero-order valence-electron chi connectivity index (χ0n) is 11.6. The number of hydrogen-bond donors (Lipinski definition) is 2. The van der Waals surface area contributed by atoms with E-state index in [1.54, 1.807) is 11.8 Å². The highest BCUT2D eigenvalue weighted by atomic mass is 32.2. The minimum absolute atomic E-state index is 0.624. The Kier molecular flexibility index (Phi) is 4.37. The maximum atomic E-state index is 9.67. The predicted molar refractivity (Wildman–Crippen MR) is 78.9 cm³/mol. The highest BCUT2D eigenvalue weighted by molar-refractivity contribution is 7.99. The van der Waals surface area contributed by atoms with Gasteiger partial charge in [-0.05, 0) is 39.3 Å². The molecule has 5 heteroatoms. The molecular formula is C14H20N2O2S. The lowest BCUT2D eigenvalue weighted by Gasteiger charge is -2.15. The van der Waals surface area contributed by atoms with Crippen LogP contribution < -0.4 is 4.74 Å². The molecule has 0 bridgehead atoms. The Morgan fingerprint density at radius 2 is 2.21 bits per heavy atom. The van der Waals surface area contributed by atoms with Gasteiger partial charge in [0.1, 0.15) is 5.75 Å². The molecule has 2 rings (SSSR count). The van der Waals surface area contributed by atoms with Crippen molar-refractivity contribution < 1.29 is 9.84 Å². The summed E-state index contributed by atoms with van der Waals surface area (Å²) in [5, 5.41) is 10.6. The van der Waals surface area contributed by atoms with Crippen LogP contribution in [0, 0.1) is 0 Å². The Labute approximate surface area is 117 Å². The second-order valence-corrected chi connectivity index (χ2v) is 6.15. The highest BCUT2D eigenvalue weighted by Gasteiger charge is 2.12. The lowest BCUT2D eigenvalue weighted by molar-refractivity contribution is 0.0777. The lowest BCUT2D eigenvalue weighted by atomic mass is 10.1. The monoisotopic (exact) mass is 280 g/mol. The first-order valence-electron chi connectivity index (χ1n) is 6.46. The van der Waals surface area contributed by atoms with Crippen LogP contribution in [-0.4, -0.2) is 33.0 Å². The first-order valence-corrected chi connectivity index (χ1v) is 7.44. The van der Waals surface area contributed by atoms with Crippen LogP contribution in [0.1, 0.15) is 27.2 Å². The number of aromatic nitrogens is 2. The molecule has 0 aliphatic rings. The van der Waals surface area contributed by atoms with Crippen molar-refractivity contribution in [3.8, 4) is 5.75 Å². The van der Waals surface area contributed by atoms with Gasteiger partial charge >= 0.3 is 0 Å². The fourth-order valence-electron chi connectivity index (χ4n) is 1.69. The van der Waals surface area contributed by atoms with Crippen molar-refractivity contribution in [1.29, 1.82) is 0 Å². The summed E-state index contributed by atoms with van der Waals surface area (Å²) in [6.07, 6.45) is 0.735. The van der Waals surface area contributed by atoms with E-state index in [1.807, 2.05) is 39.0 Å². The molecule has 2 aromatic rings. The molecule has 104 valence electrons. The van der Waals surface area contributed by atoms with E-state index in [0.29, 0.717) is 6.61 Å². The summed E-state index contributed by atoms with van der Waals surface area (Å²) < 4.78 is 5.46. The molecule has 0 aliphatic heterocycles. The van der Waals surface area contributed by atoms with Gasteiger partial charge < -0.3 is 14.8 Å². The Balaban J connectivity index is 2.04. The van der Waals surface area contributed by atoms with Crippen molar-refractivity contribution >= 4 is 22.8 Å². The minimum atomic E-state index is -0.624. The number of nitrogens with one attached hydrogen (secondary N) is 1. The summed E-state index contributed by atoms with van der Waals surface area (Å²) in [6.45, 7) is 6.27. The molecule has 0 radical (unpaired) electrons. The van der Waals surface area contributed by atoms with Gasteiger partial charge in [0.25, 0.3) is 0 Å². The van der Waals surface area contributed by atoms with E-state index in [-0.39, 0.29) is 0 Å². The Morgan fingerprint density at radius 1 is 1.42 bits per heavy atom. The maximum absolute atomic E-state index is 9.67. The lowest BCUT2D eigenvalue weighted by Crippen LogP contribution is -2.19. The number of hydrogen-bond acceptors (Lipinski definition) is 4. The number of ether oxygens (including phenoxy) is 1. The second-order valence-electron chi connectivity index (χ2n) is 5.06. The van der Waals surface area contributed by atoms with Gasteiger partial charge in [-0.15, -0.1) is 0 Å². The number of fused-ring (bicyclic) bond motifs is 1. The molecule has 0 atom stereocenters. The molecule has 1 aromatic carbocycles. The zero-order chi connectivity index (χ0) is 13.9. The standard InChI is InChI=1S/C14H20N2O2S/c1-4-18-10-5-6-11-12(9-10)16-13(15-11)19-8-7-14(2,3)17/h5-6,9,17H,4,7-8H2,1-3H3,(H,15,16). The molecule has 0 unspecified atom stereocenters. The zero-order valence-corrected chi connectivity index (χ0v) is 12.4. The van der Waals surface area contributed by atoms with E-state index in [2.05, 4.69) is 9.97 Å². The minimum Gasteiger partial charge on any atom is -0.494 e. The van der Waals surface area contributed by atoms with Gasteiger partial charge in [-0.1, -0.05) is 11.8 Å². The van der Waals surface area contributed by atoms with Crippen LogP contribution in [0.5, 0.6) is 5.75 Å². The molecule has 19 heavy (non-hydrogen) atoms. The van der Waals surface area contributed by atoms with E-state index in [0.717, 1.165) is 34.1 Å². The Morgan fingerprint density at radius 3 is 2.89 bits per heavy atom. The third-order valence-corrected chi connectivity index (χ3v) is 3.57. The molecule has 1 heterocycles. The Bertz CT molecular complexity index is 546. The fraction of sp³-hybridized carbons (Fsp3) is 0.500. The number of imidazole rings is 1. The number of aliphatic hydroxyl groups is 1. The van der Waals surface area contributed by atoms with Crippen LogP contribution in [0.4, 0.5) is 0 Å². The van der Waals surface area contributed by atoms with E-state index in [9.17, 15) is 5.11 Å². The normalized spacial score (nSPS) is 12.0. The summed E-state index contributed by atoms with van der Waals surface area (Å²) in [7, 11) is 0. The van der Waals surface area contributed by atoms with E-state index >= 15 is 0 Å². The first-order chi connectivity index (χ1) is 8.98. The number of nitrogens with zero attached hydrogens (tertiary/aromatic N) is 1. The van der Waals surface area contributed by atoms with Crippen LogP contribution in [0.3, 0.4) is 0 Å². The van der Waals surface area contributed by atoms with Gasteiger partial charge in [-0.2, -0.15) is 0 Å². The van der Waals surface area contributed by atoms with Crippen molar-refractivity contribution in [3.05, 3.63) is 18.2 Å². The predicted octanol–water partition coefficient (Wildman–Crippen LogP) is 3.21. The van der Waals surface area contributed by atoms with Crippen molar-refractivity contribution in [1.82, 2.24) is 9.97 Å². The molecule has 0 amide bonds. The van der Waals surface area contributed by atoms with Crippen molar-refractivity contribution in [3.63, 3.8) is 0 Å². The van der Waals surface area contributed by atoms with Crippen LogP contribution in [0.25, 0.3) is 11.0 Å². The molecule has 0 fully saturated rings. The second kappa shape index (κ2) is 5.84. The average molecular weight is 280 g/mol. The van der Waals surface area contributed by atoms with Crippen LogP contribution in [-0.2, 0) is 0 Å². The largest absolute Gasteiger partial charge is 0.494 e.